The number of halogens is 1. The Bertz CT molecular complexity index is 385. The number of benzene rings is 1. The van der Waals surface area contributed by atoms with Crippen molar-refractivity contribution in [2.45, 2.75) is 6.92 Å². The Kier molecular flexibility index (Phi) is 1.96. The van der Waals surface area contributed by atoms with E-state index in [2.05, 4.69) is 51.8 Å². The number of hydrogen-bond acceptors (Lipinski definition) is 2. The zero-order valence-corrected chi connectivity index (χ0v) is 8.74. The molecule has 0 N–H and O–H groups in total. The van der Waals surface area contributed by atoms with Gasteiger partial charge in [0.05, 0.1) is 6.20 Å². The highest BCUT2D eigenvalue weighted by Crippen LogP contribution is 2.19. The van der Waals surface area contributed by atoms with Crippen LogP contribution in [0.4, 0.5) is 0 Å². The molecule has 2 nitrogen and oxygen atoms in total. The van der Waals surface area contributed by atoms with E-state index in [9.17, 15) is 0 Å². The molecular formula is C9H7IN2. The van der Waals surface area contributed by atoms with E-state index in [1.54, 1.807) is 0 Å². The molecule has 60 valence electrons. The summed E-state index contributed by atoms with van der Waals surface area (Å²) < 4.78 is 0.966. The van der Waals surface area contributed by atoms with Crippen LogP contribution in [0.25, 0.3) is 10.8 Å². The molecule has 0 saturated heterocycles. The van der Waals surface area contributed by atoms with Crippen molar-refractivity contribution in [3.8, 4) is 0 Å². The molecule has 2 rings (SSSR count). The molecule has 0 bridgehead atoms. The van der Waals surface area contributed by atoms with Gasteiger partial charge in [-0.3, -0.25) is 0 Å². The first-order valence-electron chi connectivity index (χ1n) is 3.65. The summed E-state index contributed by atoms with van der Waals surface area (Å²) in [5.74, 6) is 0. The van der Waals surface area contributed by atoms with Crippen molar-refractivity contribution < 1.29 is 0 Å². The Morgan fingerprint density at radius 3 is 2.83 bits per heavy atom. The number of hydrogen-bond donors (Lipinski definition) is 0. The van der Waals surface area contributed by atoms with Crippen LogP contribution in [0.5, 0.6) is 0 Å². The molecule has 0 unspecified atom stereocenters. The number of nitrogens with zero attached hydrogens (tertiary/aromatic N) is 2. The van der Waals surface area contributed by atoms with E-state index < -0.39 is 0 Å². The summed E-state index contributed by atoms with van der Waals surface area (Å²) in [6.07, 6.45) is 1.81. The van der Waals surface area contributed by atoms with Crippen LogP contribution in [0.2, 0.25) is 0 Å². The largest absolute Gasteiger partial charge is 0.157 e. The van der Waals surface area contributed by atoms with E-state index in [0.29, 0.717) is 0 Å². The van der Waals surface area contributed by atoms with Crippen LogP contribution in [-0.4, -0.2) is 10.2 Å². The van der Waals surface area contributed by atoms with Gasteiger partial charge < -0.3 is 0 Å². The van der Waals surface area contributed by atoms with Crippen LogP contribution in [-0.2, 0) is 0 Å². The van der Waals surface area contributed by atoms with E-state index in [1.807, 2.05) is 12.3 Å². The monoisotopic (exact) mass is 270 g/mol. The molecule has 0 aliphatic heterocycles. The van der Waals surface area contributed by atoms with Gasteiger partial charge in [-0.05, 0) is 35.1 Å². The van der Waals surface area contributed by atoms with Gasteiger partial charge in [0.15, 0.2) is 0 Å². The van der Waals surface area contributed by atoms with Crippen molar-refractivity contribution >= 4 is 33.4 Å². The fourth-order valence-electron chi connectivity index (χ4n) is 1.22. The van der Waals surface area contributed by atoms with Crippen molar-refractivity contribution in [2.75, 3.05) is 0 Å². The van der Waals surface area contributed by atoms with Gasteiger partial charge in [-0.25, -0.2) is 0 Å². The summed E-state index contributed by atoms with van der Waals surface area (Å²) in [6, 6.07) is 6.19. The lowest BCUT2D eigenvalue weighted by Gasteiger charge is -2.00. The Morgan fingerprint density at radius 2 is 2.08 bits per heavy atom. The fourth-order valence-corrected chi connectivity index (χ4v) is 1.82. The zero-order valence-electron chi connectivity index (χ0n) is 6.58. The lowest BCUT2D eigenvalue weighted by molar-refractivity contribution is 1.02. The summed E-state index contributed by atoms with van der Waals surface area (Å²) in [7, 11) is 0. The first-order chi connectivity index (χ1) is 5.79. The second-order valence-electron chi connectivity index (χ2n) is 2.67. The van der Waals surface area contributed by atoms with E-state index in [0.717, 1.165) is 3.70 Å². The molecule has 0 saturated carbocycles. The van der Waals surface area contributed by atoms with Crippen LogP contribution in [0.3, 0.4) is 0 Å². The normalized spacial score (nSPS) is 10.5. The van der Waals surface area contributed by atoms with Crippen LogP contribution in [0, 0.1) is 10.6 Å². The SMILES string of the molecule is Cc1cccc2c(I)nncc12. The van der Waals surface area contributed by atoms with Crippen LogP contribution in [0.15, 0.2) is 24.4 Å². The van der Waals surface area contributed by atoms with Gasteiger partial charge in [0, 0.05) is 10.8 Å². The molecule has 0 amide bonds. The van der Waals surface area contributed by atoms with Crippen molar-refractivity contribution in [1.82, 2.24) is 10.2 Å². The maximum atomic E-state index is 3.99. The summed E-state index contributed by atoms with van der Waals surface area (Å²) in [6.45, 7) is 2.08. The third-order valence-electron chi connectivity index (χ3n) is 1.88. The average molecular weight is 270 g/mol. The Morgan fingerprint density at radius 1 is 1.25 bits per heavy atom. The maximum Gasteiger partial charge on any atom is 0.131 e. The molecule has 3 heteroatoms. The van der Waals surface area contributed by atoms with Crippen LogP contribution < -0.4 is 0 Å². The Hall–Kier alpha value is -0.710. The second kappa shape index (κ2) is 2.97. The van der Waals surface area contributed by atoms with E-state index in [4.69, 9.17) is 0 Å². The van der Waals surface area contributed by atoms with Gasteiger partial charge in [-0.1, -0.05) is 18.2 Å². The second-order valence-corrected chi connectivity index (χ2v) is 3.69. The highest BCUT2D eigenvalue weighted by atomic mass is 127. The quantitative estimate of drug-likeness (QED) is 0.687. The summed E-state index contributed by atoms with van der Waals surface area (Å²) in [5, 5.41) is 10.3. The van der Waals surface area contributed by atoms with Crippen molar-refractivity contribution in [3.63, 3.8) is 0 Å². The number of aryl methyl sites for hydroxylation is 1. The van der Waals surface area contributed by atoms with Gasteiger partial charge >= 0.3 is 0 Å². The Balaban J connectivity index is 2.94. The Labute approximate surface area is 84.1 Å². The molecule has 0 spiro atoms. The minimum absolute atomic E-state index is 0.966. The maximum absolute atomic E-state index is 3.99. The number of aromatic nitrogens is 2. The van der Waals surface area contributed by atoms with Gasteiger partial charge in [-0.2, -0.15) is 5.10 Å². The summed E-state index contributed by atoms with van der Waals surface area (Å²) in [5.41, 5.74) is 1.25. The number of rotatable bonds is 0. The zero-order chi connectivity index (χ0) is 8.55. The van der Waals surface area contributed by atoms with Crippen molar-refractivity contribution in [3.05, 3.63) is 33.7 Å². The summed E-state index contributed by atoms with van der Waals surface area (Å²) >= 11 is 2.20. The fraction of sp³-hybridized carbons (Fsp3) is 0.111. The van der Waals surface area contributed by atoms with Gasteiger partial charge in [0.25, 0.3) is 0 Å². The standard InChI is InChI=1S/C9H7IN2/c1-6-3-2-4-7-8(6)5-11-12-9(7)10/h2-5H,1H3. The molecule has 2 aromatic rings. The predicted molar refractivity (Wildman–Crippen MR) is 57.0 cm³/mol. The minimum atomic E-state index is 0.966. The molecule has 1 aromatic heterocycles. The van der Waals surface area contributed by atoms with Gasteiger partial charge in [0.2, 0.25) is 0 Å². The third kappa shape index (κ3) is 1.18. The average Bonchev–Trinajstić information content (AvgIpc) is 2.07. The molecule has 0 atom stereocenters. The molecule has 1 aromatic carbocycles. The lowest BCUT2D eigenvalue weighted by Crippen LogP contribution is -1.88. The highest BCUT2D eigenvalue weighted by molar-refractivity contribution is 14.1. The van der Waals surface area contributed by atoms with E-state index >= 15 is 0 Å². The first-order valence-corrected chi connectivity index (χ1v) is 4.73. The first kappa shape index (κ1) is 7.91. The smallest absolute Gasteiger partial charge is 0.131 e. The highest BCUT2D eigenvalue weighted by Gasteiger charge is 2.00. The molecule has 0 fully saturated rings. The predicted octanol–water partition coefficient (Wildman–Crippen LogP) is 2.54. The van der Waals surface area contributed by atoms with E-state index in [-0.39, 0.29) is 0 Å². The molecule has 12 heavy (non-hydrogen) atoms. The third-order valence-corrected chi connectivity index (χ3v) is 2.68. The van der Waals surface area contributed by atoms with Gasteiger partial charge in [0.1, 0.15) is 3.70 Å². The van der Waals surface area contributed by atoms with Crippen molar-refractivity contribution in [1.29, 1.82) is 0 Å². The van der Waals surface area contributed by atoms with Gasteiger partial charge in [-0.15, -0.1) is 5.10 Å². The van der Waals surface area contributed by atoms with Crippen LogP contribution in [0.1, 0.15) is 5.56 Å². The molecule has 0 radical (unpaired) electrons. The lowest BCUT2D eigenvalue weighted by atomic mass is 10.1. The minimum Gasteiger partial charge on any atom is -0.157 e. The summed E-state index contributed by atoms with van der Waals surface area (Å²) in [4.78, 5) is 0. The van der Waals surface area contributed by atoms with E-state index in [1.165, 1.54) is 16.3 Å². The molecular weight excluding hydrogens is 263 g/mol. The number of fused-ring (bicyclic) bond motifs is 1. The topological polar surface area (TPSA) is 25.8 Å². The molecule has 0 aliphatic rings. The van der Waals surface area contributed by atoms with Crippen molar-refractivity contribution in [2.24, 2.45) is 0 Å². The molecule has 0 aliphatic carbocycles. The van der Waals surface area contributed by atoms with Crippen LogP contribution >= 0.6 is 22.6 Å². The molecule has 1 heterocycles.